The summed E-state index contributed by atoms with van der Waals surface area (Å²) in [4.78, 5) is 0.188. The first-order valence-corrected chi connectivity index (χ1v) is 10.3. The van der Waals surface area contributed by atoms with E-state index in [1.165, 1.54) is 13.2 Å². The van der Waals surface area contributed by atoms with E-state index in [-0.39, 0.29) is 11.4 Å². The van der Waals surface area contributed by atoms with Crippen LogP contribution >= 0.6 is 11.6 Å². The van der Waals surface area contributed by atoms with Crippen LogP contribution in [0.25, 0.3) is 0 Å². The van der Waals surface area contributed by atoms with Crippen LogP contribution in [0.2, 0.25) is 5.02 Å². The molecule has 0 spiro atoms. The fourth-order valence-corrected chi connectivity index (χ4v) is 3.86. The van der Waals surface area contributed by atoms with E-state index in [2.05, 4.69) is 4.72 Å². The molecule has 7 heteroatoms. The van der Waals surface area contributed by atoms with Crippen LogP contribution in [0.5, 0.6) is 5.75 Å². The minimum Gasteiger partial charge on any atom is -0.493 e. The third-order valence-electron chi connectivity index (χ3n) is 3.91. The van der Waals surface area contributed by atoms with Gasteiger partial charge < -0.3 is 9.47 Å². The summed E-state index contributed by atoms with van der Waals surface area (Å²) in [6.45, 7) is 4.52. The zero-order valence-corrected chi connectivity index (χ0v) is 16.7. The van der Waals surface area contributed by atoms with Crippen LogP contribution < -0.4 is 9.46 Å². The number of aryl methyl sites for hydroxylation is 1. The minimum absolute atomic E-state index is 0.0791. The largest absolute Gasteiger partial charge is 0.493 e. The summed E-state index contributed by atoms with van der Waals surface area (Å²) in [5.74, 6) is 0.691. The van der Waals surface area contributed by atoms with E-state index in [4.69, 9.17) is 21.1 Å². The van der Waals surface area contributed by atoms with Gasteiger partial charge in [0.05, 0.1) is 17.6 Å². The van der Waals surface area contributed by atoms with Crippen molar-refractivity contribution < 1.29 is 17.9 Å². The van der Waals surface area contributed by atoms with Crippen molar-refractivity contribution in [2.75, 3.05) is 20.3 Å². The molecule has 0 aliphatic carbocycles. The van der Waals surface area contributed by atoms with Gasteiger partial charge in [0.15, 0.2) is 0 Å². The van der Waals surface area contributed by atoms with Crippen molar-refractivity contribution in [1.82, 2.24) is 4.72 Å². The molecule has 0 aliphatic heterocycles. The van der Waals surface area contributed by atoms with Crippen molar-refractivity contribution in [2.45, 2.75) is 31.3 Å². The summed E-state index contributed by atoms with van der Waals surface area (Å²) < 4.78 is 38.8. The maximum absolute atomic E-state index is 12.6. The van der Waals surface area contributed by atoms with Crippen molar-refractivity contribution in [3.63, 3.8) is 0 Å². The number of rotatable bonds is 9. The van der Waals surface area contributed by atoms with Crippen molar-refractivity contribution in [2.24, 2.45) is 0 Å². The van der Waals surface area contributed by atoms with Gasteiger partial charge in [0.25, 0.3) is 0 Å². The van der Waals surface area contributed by atoms with Gasteiger partial charge in [0.2, 0.25) is 10.0 Å². The molecule has 2 aromatic rings. The first-order valence-electron chi connectivity index (χ1n) is 8.39. The van der Waals surface area contributed by atoms with Gasteiger partial charge in [-0.2, -0.15) is 0 Å². The Bertz CT molecular complexity index is 839. The predicted octanol–water partition coefficient (Wildman–Crippen LogP) is 4.10. The highest BCUT2D eigenvalue weighted by Gasteiger charge is 2.20. The Morgan fingerprint density at radius 2 is 1.92 bits per heavy atom. The van der Waals surface area contributed by atoms with Crippen LogP contribution in [0.4, 0.5) is 0 Å². The third-order valence-corrected chi connectivity index (χ3v) is 5.68. The van der Waals surface area contributed by atoms with E-state index in [0.29, 0.717) is 17.4 Å². The molecule has 2 rings (SSSR count). The summed E-state index contributed by atoms with van der Waals surface area (Å²) >= 11 is 6.17. The lowest BCUT2D eigenvalue weighted by Crippen LogP contribution is -2.29. The maximum Gasteiger partial charge on any atom is 0.240 e. The van der Waals surface area contributed by atoms with Gasteiger partial charge in [-0.3, -0.25) is 0 Å². The van der Waals surface area contributed by atoms with Crippen LogP contribution in [0.1, 0.15) is 30.6 Å². The van der Waals surface area contributed by atoms with Gasteiger partial charge in [-0.1, -0.05) is 36.7 Å². The summed E-state index contributed by atoms with van der Waals surface area (Å²) in [6, 6.07) is 12.0. The van der Waals surface area contributed by atoms with Crippen LogP contribution in [-0.4, -0.2) is 28.7 Å². The molecule has 5 nitrogen and oxygen atoms in total. The quantitative estimate of drug-likeness (QED) is 0.691. The second-order valence-electron chi connectivity index (χ2n) is 5.87. The first kappa shape index (κ1) is 20.7. The second-order valence-corrected chi connectivity index (χ2v) is 8.05. The minimum atomic E-state index is -3.67. The lowest BCUT2D eigenvalue weighted by molar-refractivity contribution is 0.107. The van der Waals surface area contributed by atoms with E-state index < -0.39 is 16.1 Å². The van der Waals surface area contributed by atoms with Gasteiger partial charge in [-0.15, -0.1) is 0 Å². The van der Waals surface area contributed by atoms with Gasteiger partial charge in [-0.05, 0) is 43.2 Å². The summed E-state index contributed by atoms with van der Waals surface area (Å²) in [5, 5.41) is 0.534. The summed E-state index contributed by atoms with van der Waals surface area (Å²) in [5.41, 5.74) is 1.51. The Morgan fingerprint density at radius 1 is 1.19 bits per heavy atom. The molecular formula is C19H24ClNO4S. The highest BCUT2D eigenvalue weighted by Crippen LogP contribution is 2.26. The van der Waals surface area contributed by atoms with Gasteiger partial charge in [0.1, 0.15) is 5.75 Å². The number of methoxy groups -OCH3 is 1. The predicted molar refractivity (Wildman–Crippen MR) is 103 cm³/mol. The number of sulfonamides is 1. The molecule has 0 heterocycles. The molecule has 0 saturated heterocycles. The molecule has 0 amide bonds. The van der Waals surface area contributed by atoms with Crippen LogP contribution in [0.15, 0.2) is 47.4 Å². The second kappa shape index (κ2) is 9.37. The van der Waals surface area contributed by atoms with Crippen LogP contribution in [0.3, 0.4) is 0 Å². The molecule has 0 radical (unpaired) electrons. The Hall–Kier alpha value is -1.60. The number of nitrogens with one attached hydrogen (secondary N) is 1. The molecule has 26 heavy (non-hydrogen) atoms. The Labute approximate surface area is 160 Å². The number of benzene rings is 2. The highest BCUT2D eigenvalue weighted by atomic mass is 35.5. The lowest BCUT2D eigenvalue weighted by Gasteiger charge is -2.18. The van der Waals surface area contributed by atoms with Gasteiger partial charge >= 0.3 is 0 Å². The third kappa shape index (κ3) is 5.20. The number of ether oxygens (including phenoxy) is 2. The lowest BCUT2D eigenvalue weighted by atomic mass is 10.1. The molecule has 0 saturated carbocycles. The van der Waals surface area contributed by atoms with Crippen LogP contribution in [-0.2, 0) is 14.8 Å². The average Bonchev–Trinajstić information content (AvgIpc) is 2.62. The van der Waals surface area contributed by atoms with Crippen molar-refractivity contribution >= 4 is 21.6 Å². The number of hydrogen-bond donors (Lipinski definition) is 1. The van der Waals surface area contributed by atoms with Crippen LogP contribution in [0, 0.1) is 6.92 Å². The monoisotopic (exact) mass is 397 g/mol. The molecule has 142 valence electrons. The van der Waals surface area contributed by atoms with Crippen molar-refractivity contribution in [3.05, 3.63) is 58.6 Å². The normalized spacial score (nSPS) is 12.8. The highest BCUT2D eigenvalue weighted by molar-refractivity contribution is 7.89. The van der Waals surface area contributed by atoms with E-state index in [1.807, 2.05) is 32.0 Å². The van der Waals surface area contributed by atoms with Crippen molar-refractivity contribution in [1.29, 1.82) is 0 Å². The van der Waals surface area contributed by atoms with E-state index in [0.717, 1.165) is 17.5 Å². The molecule has 2 aromatic carbocycles. The molecule has 1 N–H and O–H groups in total. The van der Waals surface area contributed by atoms with Gasteiger partial charge in [0, 0.05) is 24.2 Å². The maximum atomic E-state index is 12.6. The molecule has 0 aliphatic rings. The average molecular weight is 398 g/mol. The zero-order chi connectivity index (χ0) is 19.2. The fraction of sp³-hybridized carbons (Fsp3) is 0.368. The molecule has 1 atom stereocenters. The Balaban J connectivity index is 2.13. The Kier molecular flexibility index (Phi) is 7.46. The first-order chi connectivity index (χ1) is 12.4. The fourth-order valence-electron chi connectivity index (χ4n) is 2.49. The number of halogens is 1. The van der Waals surface area contributed by atoms with E-state index in [9.17, 15) is 8.42 Å². The van der Waals surface area contributed by atoms with E-state index >= 15 is 0 Å². The molecular weight excluding hydrogens is 374 g/mol. The summed E-state index contributed by atoms with van der Waals surface area (Å²) in [7, 11) is -2.15. The molecule has 1 unspecified atom stereocenters. The SMILES string of the molecule is CCCOc1ccc(S(=O)(=O)NCC(OC)c2ccccc2Cl)cc1C. The zero-order valence-electron chi connectivity index (χ0n) is 15.2. The van der Waals surface area contributed by atoms with E-state index in [1.54, 1.807) is 18.2 Å². The Morgan fingerprint density at radius 3 is 2.54 bits per heavy atom. The van der Waals surface area contributed by atoms with Gasteiger partial charge in [-0.25, -0.2) is 13.1 Å². The topological polar surface area (TPSA) is 64.6 Å². The number of hydrogen-bond acceptors (Lipinski definition) is 4. The summed E-state index contributed by atoms with van der Waals surface area (Å²) in [6.07, 6.45) is 0.410. The smallest absolute Gasteiger partial charge is 0.240 e. The molecule has 0 fully saturated rings. The molecule has 0 aromatic heterocycles. The standard InChI is InChI=1S/C19H24ClNO4S/c1-4-11-25-18-10-9-15(12-14(18)2)26(22,23)21-13-19(24-3)16-7-5-6-8-17(16)20/h5-10,12,19,21H,4,11,13H2,1-3H3. The molecule has 0 bridgehead atoms. The van der Waals surface area contributed by atoms with Crippen molar-refractivity contribution in [3.8, 4) is 5.75 Å².